The van der Waals surface area contributed by atoms with Gasteiger partial charge in [0.25, 0.3) is 5.91 Å². The number of carbonyl (C=O) groups excluding carboxylic acids is 1. The molecular formula is C18H19NO5S. The van der Waals surface area contributed by atoms with Crippen molar-refractivity contribution < 1.29 is 22.7 Å². The summed E-state index contributed by atoms with van der Waals surface area (Å²) in [7, 11) is -3.14. The van der Waals surface area contributed by atoms with E-state index in [1.165, 1.54) is 6.26 Å². The first-order valence-electron chi connectivity index (χ1n) is 7.84. The summed E-state index contributed by atoms with van der Waals surface area (Å²) in [4.78, 5) is 12.3. The quantitative estimate of drug-likeness (QED) is 0.880. The number of fused-ring (bicyclic) bond motifs is 1. The Morgan fingerprint density at radius 2 is 1.80 bits per heavy atom. The van der Waals surface area contributed by atoms with Crippen molar-refractivity contribution >= 4 is 15.7 Å². The maximum absolute atomic E-state index is 12.3. The highest BCUT2D eigenvalue weighted by Crippen LogP contribution is 2.30. The van der Waals surface area contributed by atoms with Crippen molar-refractivity contribution in [3.05, 3.63) is 59.2 Å². The van der Waals surface area contributed by atoms with Crippen LogP contribution in [0.1, 0.15) is 21.5 Å². The summed E-state index contributed by atoms with van der Waals surface area (Å²) in [6, 6.07) is 12.2. The number of benzene rings is 2. The molecule has 1 amide bonds. The maximum Gasteiger partial charge on any atom is 0.251 e. The van der Waals surface area contributed by atoms with Gasteiger partial charge >= 0.3 is 0 Å². The SMILES string of the molecule is CS(=O)(=O)Cc1cccc(C(=O)NCc2ccc3c(c2)OCCO3)c1. The lowest BCUT2D eigenvalue weighted by atomic mass is 10.1. The van der Waals surface area contributed by atoms with E-state index in [-0.39, 0.29) is 11.7 Å². The van der Waals surface area contributed by atoms with Gasteiger partial charge in [0.05, 0.1) is 5.75 Å². The van der Waals surface area contributed by atoms with Crippen molar-refractivity contribution in [2.24, 2.45) is 0 Å². The lowest BCUT2D eigenvalue weighted by Crippen LogP contribution is -2.23. The maximum atomic E-state index is 12.3. The highest BCUT2D eigenvalue weighted by molar-refractivity contribution is 7.89. The molecule has 0 aromatic heterocycles. The lowest BCUT2D eigenvalue weighted by Gasteiger charge is -2.19. The minimum absolute atomic E-state index is 0.0870. The topological polar surface area (TPSA) is 81.7 Å². The van der Waals surface area contributed by atoms with Crippen LogP contribution in [0.4, 0.5) is 0 Å². The molecule has 1 N–H and O–H groups in total. The minimum Gasteiger partial charge on any atom is -0.486 e. The first kappa shape index (κ1) is 17.3. The fraction of sp³-hybridized carbons (Fsp3) is 0.278. The number of nitrogens with one attached hydrogen (secondary N) is 1. The Labute approximate surface area is 146 Å². The Bertz CT molecular complexity index is 892. The summed E-state index contributed by atoms with van der Waals surface area (Å²) in [5, 5.41) is 2.83. The fourth-order valence-corrected chi connectivity index (χ4v) is 3.37. The van der Waals surface area contributed by atoms with E-state index in [2.05, 4.69) is 5.32 Å². The number of hydrogen-bond donors (Lipinski definition) is 1. The van der Waals surface area contributed by atoms with Crippen LogP contribution in [0, 0.1) is 0 Å². The summed E-state index contributed by atoms with van der Waals surface area (Å²) in [5.74, 6) is 1.03. The molecule has 7 heteroatoms. The van der Waals surface area contributed by atoms with E-state index in [4.69, 9.17) is 9.47 Å². The highest BCUT2D eigenvalue weighted by Gasteiger charge is 2.13. The molecule has 1 heterocycles. The Kier molecular flexibility index (Phi) is 4.94. The molecule has 3 rings (SSSR count). The van der Waals surface area contributed by atoms with Gasteiger partial charge in [-0.1, -0.05) is 18.2 Å². The molecule has 0 unspecified atom stereocenters. The van der Waals surface area contributed by atoms with Gasteiger partial charge in [0.1, 0.15) is 13.2 Å². The van der Waals surface area contributed by atoms with Crippen molar-refractivity contribution in [1.29, 1.82) is 0 Å². The molecule has 0 saturated carbocycles. The molecule has 0 bridgehead atoms. The number of rotatable bonds is 5. The van der Waals surface area contributed by atoms with Gasteiger partial charge in [0, 0.05) is 18.4 Å². The van der Waals surface area contributed by atoms with Crippen LogP contribution in [-0.4, -0.2) is 33.8 Å². The molecule has 6 nitrogen and oxygen atoms in total. The van der Waals surface area contributed by atoms with Gasteiger partial charge in [-0.05, 0) is 35.4 Å². The first-order valence-corrected chi connectivity index (χ1v) is 9.90. The van der Waals surface area contributed by atoms with Crippen molar-refractivity contribution in [1.82, 2.24) is 5.32 Å². The molecule has 25 heavy (non-hydrogen) atoms. The van der Waals surface area contributed by atoms with E-state index in [0.717, 1.165) is 5.56 Å². The molecule has 1 aliphatic rings. The molecule has 2 aromatic carbocycles. The molecule has 0 aliphatic carbocycles. The van der Waals surface area contributed by atoms with Gasteiger partial charge in [0.15, 0.2) is 21.3 Å². The van der Waals surface area contributed by atoms with Crippen LogP contribution in [-0.2, 0) is 22.1 Å². The fourth-order valence-electron chi connectivity index (χ4n) is 2.59. The molecule has 132 valence electrons. The summed E-state index contributed by atoms with van der Waals surface area (Å²) in [6.07, 6.45) is 1.17. The molecule has 1 aliphatic heterocycles. The van der Waals surface area contributed by atoms with Crippen LogP contribution in [0.25, 0.3) is 0 Å². The Morgan fingerprint density at radius 1 is 1.04 bits per heavy atom. The van der Waals surface area contributed by atoms with Gasteiger partial charge in [-0.2, -0.15) is 0 Å². The summed E-state index contributed by atoms with van der Waals surface area (Å²) in [6.45, 7) is 1.38. The standard InChI is InChI=1S/C18H19NO5S/c1-25(21,22)12-14-3-2-4-15(9-14)18(20)19-11-13-5-6-16-17(10-13)24-8-7-23-16/h2-6,9-10H,7-8,11-12H2,1H3,(H,19,20). The van der Waals surface area contributed by atoms with Crippen molar-refractivity contribution in [3.63, 3.8) is 0 Å². The third kappa shape index (κ3) is 4.73. The van der Waals surface area contributed by atoms with E-state index in [1.807, 2.05) is 18.2 Å². The van der Waals surface area contributed by atoms with Crippen LogP contribution in [0.15, 0.2) is 42.5 Å². The monoisotopic (exact) mass is 361 g/mol. The second-order valence-corrected chi connectivity index (χ2v) is 8.07. The van der Waals surface area contributed by atoms with Crippen LogP contribution >= 0.6 is 0 Å². The minimum atomic E-state index is -3.14. The Hall–Kier alpha value is -2.54. The van der Waals surface area contributed by atoms with Gasteiger partial charge < -0.3 is 14.8 Å². The van der Waals surface area contributed by atoms with Crippen molar-refractivity contribution in [2.75, 3.05) is 19.5 Å². The summed E-state index contributed by atoms with van der Waals surface area (Å²) < 4.78 is 33.8. The zero-order valence-electron chi connectivity index (χ0n) is 13.8. The van der Waals surface area contributed by atoms with E-state index < -0.39 is 9.84 Å². The Balaban J connectivity index is 1.65. The molecule has 0 spiro atoms. The van der Waals surface area contributed by atoms with Crippen LogP contribution in [0.2, 0.25) is 0 Å². The zero-order chi connectivity index (χ0) is 17.9. The van der Waals surface area contributed by atoms with Crippen LogP contribution < -0.4 is 14.8 Å². The lowest BCUT2D eigenvalue weighted by molar-refractivity contribution is 0.0950. The van der Waals surface area contributed by atoms with E-state index in [0.29, 0.717) is 42.4 Å². The van der Waals surface area contributed by atoms with Gasteiger partial charge in [-0.25, -0.2) is 8.42 Å². The predicted molar refractivity (Wildman–Crippen MR) is 93.6 cm³/mol. The van der Waals surface area contributed by atoms with E-state index in [1.54, 1.807) is 24.3 Å². The number of carbonyl (C=O) groups is 1. The molecular weight excluding hydrogens is 342 g/mol. The van der Waals surface area contributed by atoms with Crippen molar-refractivity contribution in [3.8, 4) is 11.5 Å². The molecule has 0 saturated heterocycles. The second kappa shape index (κ2) is 7.14. The summed E-state index contributed by atoms with van der Waals surface area (Å²) in [5.41, 5.74) is 1.91. The third-order valence-electron chi connectivity index (χ3n) is 3.68. The normalized spacial score (nSPS) is 13.3. The number of ether oxygens (including phenoxy) is 2. The highest BCUT2D eigenvalue weighted by atomic mass is 32.2. The largest absolute Gasteiger partial charge is 0.486 e. The second-order valence-electron chi connectivity index (χ2n) is 5.93. The van der Waals surface area contributed by atoms with Crippen molar-refractivity contribution in [2.45, 2.75) is 12.3 Å². The Morgan fingerprint density at radius 3 is 2.56 bits per heavy atom. The van der Waals surface area contributed by atoms with E-state index >= 15 is 0 Å². The smallest absolute Gasteiger partial charge is 0.251 e. The zero-order valence-corrected chi connectivity index (χ0v) is 14.6. The van der Waals surface area contributed by atoms with Gasteiger partial charge in [0.2, 0.25) is 0 Å². The van der Waals surface area contributed by atoms with Crippen LogP contribution in [0.5, 0.6) is 11.5 Å². The third-order valence-corrected chi connectivity index (χ3v) is 4.54. The number of amides is 1. The molecule has 0 atom stereocenters. The molecule has 0 radical (unpaired) electrons. The first-order chi connectivity index (χ1) is 11.9. The van der Waals surface area contributed by atoms with Gasteiger partial charge in [-0.15, -0.1) is 0 Å². The van der Waals surface area contributed by atoms with Crippen LogP contribution in [0.3, 0.4) is 0 Å². The average Bonchev–Trinajstić information content (AvgIpc) is 2.58. The molecule has 2 aromatic rings. The number of hydrogen-bond acceptors (Lipinski definition) is 5. The molecule has 0 fully saturated rings. The number of sulfone groups is 1. The van der Waals surface area contributed by atoms with E-state index in [9.17, 15) is 13.2 Å². The predicted octanol–water partition coefficient (Wildman–Crippen LogP) is 1.93. The van der Waals surface area contributed by atoms with Gasteiger partial charge in [-0.3, -0.25) is 4.79 Å². The average molecular weight is 361 g/mol. The summed E-state index contributed by atoms with van der Waals surface area (Å²) >= 11 is 0.